The normalized spacial score (nSPS) is 10.1. The van der Waals surface area contributed by atoms with E-state index in [2.05, 4.69) is 9.47 Å². The Labute approximate surface area is 117 Å². The Morgan fingerprint density at radius 3 is 2.05 bits per heavy atom. The summed E-state index contributed by atoms with van der Waals surface area (Å²) in [6.07, 6.45) is 0.200. The highest BCUT2D eigenvalue weighted by molar-refractivity contribution is 5.69. The van der Waals surface area contributed by atoms with Crippen molar-refractivity contribution in [1.29, 1.82) is 0 Å². The van der Waals surface area contributed by atoms with Crippen LogP contribution in [0.4, 0.5) is 0 Å². The summed E-state index contributed by atoms with van der Waals surface area (Å²) >= 11 is 0. The molecule has 116 valence electrons. The van der Waals surface area contributed by atoms with Crippen LogP contribution >= 0.6 is 0 Å². The van der Waals surface area contributed by atoms with Crippen LogP contribution in [-0.2, 0) is 33.3 Å². The average Bonchev–Trinajstić information content (AvgIpc) is 2.45. The first kappa shape index (κ1) is 18.3. The zero-order chi connectivity index (χ0) is 15.1. The van der Waals surface area contributed by atoms with Crippen LogP contribution < -0.4 is 0 Å². The molecule has 8 nitrogen and oxygen atoms in total. The van der Waals surface area contributed by atoms with Gasteiger partial charge in [0.1, 0.15) is 19.8 Å². The zero-order valence-electron chi connectivity index (χ0n) is 11.6. The Balaban J connectivity index is 3.89. The van der Waals surface area contributed by atoms with Gasteiger partial charge >= 0.3 is 5.97 Å². The summed E-state index contributed by atoms with van der Waals surface area (Å²) in [7, 11) is 1.52. The van der Waals surface area contributed by atoms with E-state index in [4.69, 9.17) is 9.47 Å². The number of carbonyl (C=O) groups excluding carboxylic acids is 3. The number of esters is 1. The smallest absolute Gasteiger partial charge is 0.307 e. The molecule has 0 aliphatic heterocycles. The van der Waals surface area contributed by atoms with Gasteiger partial charge in [-0.1, -0.05) is 0 Å². The number of ether oxygens (including phenoxy) is 4. The molecule has 0 aliphatic carbocycles. The SMILES string of the molecule is COCCOC(=O)CCN(CCOC=O)CCOC=O. The van der Waals surface area contributed by atoms with Gasteiger partial charge in [0.25, 0.3) is 12.9 Å². The number of nitrogens with zero attached hydrogens (tertiary/aromatic N) is 1. The predicted molar refractivity (Wildman–Crippen MR) is 67.9 cm³/mol. The highest BCUT2D eigenvalue weighted by Gasteiger charge is 2.09. The van der Waals surface area contributed by atoms with Crippen molar-refractivity contribution in [3.63, 3.8) is 0 Å². The summed E-state index contributed by atoms with van der Waals surface area (Å²) in [5.74, 6) is -0.334. The molecule has 0 atom stereocenters. The second-order valence-electron chi connectivity index (χ2n) is 3.74. The van der Waals surface area contributed by atoms with Crippen molar-refractivity contribution in [3.8, 4) is 0 Å². The quantitative estimate of drug-likeness (QED) is 0.178. The average molecular weight is 291 g/mol. The van der Waals surface area contributed by atoms with E-state index in [9.17, 15) is 14.4 Å². The second kappa shape index (κ2) is 13.8. The number of hydrogen-bond donors (Lipinski definition) is 0. The van der Waals surface area contributed by atoms with Crippen LogP contribution in [0, 0.1) is 0 Å². The molecule has 0 radical (unpaired) electrons. The van der Waals surface area contributed by atoms with Crippen LogP contribution in [0.3, 0.4) is 0 Å². The molecule has 0 saturated carbocycles. The van der Waals surface area contributed by atoms with Crippen LogP contribution in [0.5, 0.6) is 0 Å². The molecule has 0 aromatic rings. The highest BCUT2D eigenvalue weighted by atomic mass is 16.6. The van der Waals surface area contributed by atoms with E-state index < -0.39 is 0 Å². The van der Waals surface area contributed by atoms with Gasteiger partial charge in [0, 0.05) is 26.7 Å². The summed E-state index contributed by atoms with van der Waals surface area (Å²) < 4.78 is 18.9. The summed E-state index contributed by atoms with van der Waals surface area (Å²) in [6, 6.07) is 0. The third kappa shape index (κ3) is 11.4. The lowest BCUT2D eigenvalue weighted by atomic mass is 10.3. The lowest BCUT2D eigenvalue weighted by Gasteiger charge is -2.20. The lowest BCUT2D eigenvalue weighted by Crippen LogP contribution is -2.33. The fourth-order valence-electron chi connectivity index (χ4n) is 1.36. The second-order valence-corrected chi connectivity index (χ2v) is 3.74. The van der Waals surface area contributed by atoms with Crippen molar-refractivity contribution >= 4 is 18.9 Å². The van der Waals surface area contributed by atoms with Gasteiger partial charge in [0.05, 0.1) is 13.0 Å². The molecule has 0 aromatic carbocycles. The van der Waals surface area contributed by atoms with E-state index in [0.29, 0.717) is 39.2 Å². The van der Waals surface area contributed by atoms with Gasteiger partial charge in [-0.15, -0.1) is 0 Å². The lowest BCUT2D eigenvalue weighted by molar-refractivity contribution is -0.145. The first-order valence-corrected chi connectivity index (χ1v) is 6.22. The predicted octanol–water partition coefficient (Wildman–Crippen LogP) is -0.786. The van der Waals surface area contributed by atoms with Crippen molar-refractivity contribution in [2.24, 2.45) is 0 Å². The summed E-state index contributed by atoms with van der Waals surface area (Å²) in [5.41, 5.74) is 0. The Morgan fingerprint density at radius 1 is 0.950 bits per heavy atom. The van der Waals surface area contributed by atoms with Gasteiger partial charge in [-0.2, -0.15) is 0 Å². The largest absolute Gasteiger partial charge is 0.467 e. The number of methoxy groups -OCH3 is 1. The molecule has 0 aliphatic rings. The monoisotopic (exact) mass is 291 g/mol. The third-order valence-corrected chi connectivity index (χ3v) is 2.37. The molecule has 0 amide bonds. The maximum atomic E-state index is 11.4. The number of hydrogen-bond acceptors (Lipinski definition) is 8. The van der Waals surface area contributed by atoms with Crippen LogP contribution in [-0.4, -0.2) is 77.0 Å². The van der Waals surface area contributed by atoms with Crippen molar-refractivity contribution in [1.82, 2.24) is 4.90 Å². The van der Waals surface area contributed by atoms with E-state index in [1.54, 1.807) is 0 Å². The van der Waals surface area contributed by atoms with Crippen molar-refractivity contribution in [3.05, 3.63) is 0 Å². The molecule has 0 aromatic heterocycles. The van der Waals surface area contributed by atoms with Crippen molar-refractivity contribution in [2.75, 3.05) is 53.2 Å². The van der Waals surface area contributed by atoms with Gasteiger partial charge in [0.2, 0.25) is 0 Å². The van der Waals surface area contributed by atoms with E-state index in [0.717, 1.165) is 0 Å². The highest BCUT2D eigenvalue weighted by Crippen LogP contribution is 1.95. The fourth-order valence-corrected chi connectivity index (χ4v) is 1.36. The first-order chi connectivity index (χ1) is 9.74. The van der Waals surface area contributed by atoms with E-state index in [-0.39, 0.29) is 32.2 Å². The van der Waals surface area contributed by atoms with Crippen molar-refractivity contribution in [2.45, 2.75) is 6.42 Å². The Hall–Kier alpha value is -1.67. The molecule has 0 unspecified atom stereocenters. The minimum Gasteiger partial charge on any atom is -0.467 e. The Morgan fingerprint density at radius 2 is 1.55 bits per heavy atom. The van der Waals surface area contributed by atoms with Crippen LogP contribution in [0.25, 0.3) is 0 Å². The standard InChI is InChI=1S/C12H21NO7/c1-17-8-9-20-12(16)2-3-13(4-6-18-10-14)5-7-19-11-15/h10-11H,2-9H2,1H3. The van der Waals surface area contributed by atoms with Crippen LogP contribution in [0.1, 0.15) is 6.42 Å². The molecule has 0 fully saturated rings. The molecule has 0 spiro atoms. The fraction of sp³-hybridized carbons (Fsp3) is 0.750. The summed E-state index contributed by atoms with van der Waals surface area (Å²) in [4.78, 5) is 33.4. The van der Waals surface area contributed by atoms with Gasteiger partial charge in [-0.3, -0.25) is 19.3 Å². The molecule has 0 heterocycles. The summed E-state index contributed by atoms with van der Waals surface area (Å²) in [6.45, 7) is 3.05. The number of carbonyl (C=O) groups is 3. The molecule has 0 rings (SSSR count). The van der Waals surface area contributed by atoms with Crippen LogP contribution in [0.15, 0.2) is 0 Å². The molecular formula is C12H21NO7. The van der Waals surface area contributed by atoms with E-state index >= 15 is 0 Å². The van der Waals surface area contributed by atoms with E-state index in [1.165, 1.54) is 7.11 Å². The van der Waals surface area contributed by atoms with Gasteiger partial charge in [0.15, 0.2) is 0 Å². The van der Waals surface area contributed by atoms with Gasteiger partial charge < -0.3 is 18.9 Å². The maximum absolute atomic E-state index is 11.4. The Kier molecular flexibility index (Phi) is 12.6. The van der Waals surface area contributed by atoms with Crippen molar-refractivity contribution < 1.29 is 33.3 Å². The molecule has 0 N–H and O–H groups in total. The first-order valence-electron chi connectivity index (χ1n) is 6.22. The molecule has 0 bridgehead atoms. The third-order valence-electron chi connectivity index (χ3n) is 2.37. The number of rotatable bonds is 14. The zero-order valence-corrected chi connectivity index (χ0v) is 11.6. The van der Waals surface area contributed by atoms with E-state index in [1.807, 2.05) is 4.90 Å². The molecular weight excluding hydrogens is 270 g/mol. The molecule has 8 heteroatoms. The Bertz CT molecular complexity index is 259. The molecule has 20 heavy (non-hydrogen) atoms. The molecule has 0 saturated heterocycles. The van der Waals surface area contributed by atoms with Gasteiger partial charge in [-0.25, -0.2) is 0 Å². The topological polar surface area (TPSA) is 91.4 Å². The van der Waals surface area contributed by atoms with Gasteiger partial charge in [-0.05, 0) is 0 Å². The minimum absolute atomic E-state index is 0.200. The maximum Gasteiger partial charge on any atom is 0.307 e. The summed E-state index contributed by atoms with van der Waals surface area (Å²) in [5, 5.41) is 0. The minimum atomic E-state index is -0.334. The van der Waals surface area contributed by atoms with Crippen LogP contribution in [0.2, 0.25) is 0 Å².